The van der Waals surface area contributed by atoms with Crippen molar-refractivity contribution < 1.29 is 14.6 Å². The molecule has 0 radical (unpaired) electrons. The average Bonchev–Trinajstić information content (AvgIpc) is 2.52. The third-order valence-corrected chi connectivity index (χ3v) is 3.53. The second kappa shape index (κ2) is 7.63. The molecule has 3 heteroatoms. The smallest absolute Gasteiger partial charge is 0.167 e. The monoisotopic (exact) mass is 310 g/mol. The third kappa shape index (κ3) is 4.46. The number of ether oxygens (including phenoxy) is 1. The van der Waals surface area contributed by atoms with E-state index in [0.29, 0.717) is 18.8 Å². The van der Waals surface area contributed by atoms with E-state index in [4.69, 9.17) is 4.74 Å². The number of phenolic OH excluding ortho intramolecular Hbond substituents is 1. The van der Waals surface area contributed by atoms with E-state index < -0.39 is 0 Å². The number of benzene rings is 2. The van der Waals surface area contributed by atoms with Gasteiger partial charge in [0.05, 0.1) is 0 Å². The summed E-state index contributed by atoms with van der Waals surface area (Å²) >= 11 is 0. The van der Waals surface area contributed by atoms with E-state index in [0.717, 1.165) is 11.1 Å². The van der Waals surface area contributed by atoms with Gasteiger partial charge in [-0.15, -0.1) is 0 Å². The molecule has 0 aromatic heterocycles. The molecule has 0 aliphatic heterocycles. The van der Waals surface area contributed by atoms with Crippen LogP contribution < -0.4 is 4.74 Å². The van der Waals surface area contributed by atoms with Crippen molar-refractivity contribution >= 4 is 5.78 Å². The zero-order valence-electron chi connectivity index (χ0n) is 13.8. The molecule has 2 rings (SSSR count). The second-order valence-corrected chi connectivity index (χ2v) is 5.76. The van der Waals surface area contributed by atoms with E-state index in [2.05, 4.69) is 6.08 Å². The first-order valence-electron chi connectivity index (χ1n) is 7.65. The molecule has 0 spiro atoms. The fraction of sp³-hybridized carbons (Fsp3) is 0.250. The lowest BCUT2D eigenvalue weighted by Crippen LogP contribution is -2.05. The van der Waals surface area contributed by atoms with Gasteiger partial charge < -0.3 is 9.84 Å². The number of hydrogen-bond donors (Lipinski definition) is 1. The summed E-state index contributed by atoms with van der Waals surface area (Å²) in [5.41, 5.74) is 3.35. The van der Waals surface area contributed by atoms with Gasteiger partial charge in [-0.1, -0.05) is 48.0 Å². The molecule has 0 amide bonds. The van der Waals surface area contributed by atoms with E-state index in [-0.39, 0.29) is 17.1 Å². The Labute approximate surface area is 137 Å². The second-order valence-electron chi connectivity index (χ2n) is 5.76. The molecular formula is C20H22O3. The van der Waals surface area contributed by atoms with E-state index in [1.54, 1.807) is 6.07 Å². The zero-order chi connectivity index (χ0) is 16.8. The van der Waals surface area contributed by atoms with Gasteiger partial charge in [-0.05, 0) is 44.4 Å². The van der Waals surface area contributed by atoms with Crippen LogP contribution in [-0.4, -0.2) is 10.9 Å². The van der Waals surface area contributed by atoms with Crippen LogP contribution in [0, 0.1) is 0 Å². The lowest BCUT2D eigenvalue weighted by Gasteiger charge is -2.15. The van der Waals surface area contributed by atoms with Crippen LogP contribution in [0.5, 0.6) is 11.5 Å². The molecule has 0 heterocycles. The van der Waals surface area contributed by atoms with Gasteiger partial charge in [-0.2, -0.15) is 0 Å². The quantitative estimate of drug-likeness (QED) is 0.622. The van der Waals surface area contributed by atoms with Crippen LogP contribution in [-0.2, 0) is 13.0 Å². The van der Waals surface area contributed by atoms with Gasteiger partial charge in [0.2, 0.25) is 0 Å². The van der Waals surface area contributed by atoms with Crippen LogP contribution in [0.2, 0.25) is 0 Å². The molecule has 120 valence electrons. The van der Waals surface area contributed by atoms with Gasteiger partial charge in [0, 0.05) is 0 Å². The van der Waals surface area contributed by atoms with Crippen molar-refractivity contribution in [2.45, 2.75) is 33.8 Å². The summed E-state index contributed by atoms with van der Waals surface area (Å²) in [6.07, 6.45) is 2.73. The summed E-state index contributed by atoms with van der Waals surface area (Å²) in [5, 5.41) is 10.0. The molecule has 0 aliphatic carbocycles. The molecule has 2 aromatic carbocycles. The number of aromatic hydroxyl groups is 1. The number of carbonyl (C=O) groups is 1. The predicted octanol–water partition coefficient (Wildman–Crippen LogP) is 4.68. The molecule has 0 unspecified atom stereocenters. The highest BCUT2D eigenvalue weighted by Gasteiger charge is 2.18. The lowest BCUT2D eigenvalue weighted by atomic mass is 10.0. The van der Waals surface area contributed by atoms with E-state index in [1.807, 2.05) is 50.2 Å². The van der Waals surface area contributed by atoms with Crippen LogP contribution in [0.15, 0.2) is 54.1 Å². The highest BCUT2D eigenvalue weighted by Crippen LogP contribution is 2.33. The van der Waals surface area contributed by atoms with Crippen molar-refractivity contribution in [2.75, 3.05) is 0 Å². The average molecular weight is 310 g/mol. The van der Waals surface area contributed by atoms with Crippen molar-refractivity contribution in [3.8, 4) is 11.5 Å². The number of carbonyl (C=O) groups excluding carboxylic acids is 1. The van der Waals surface area contributed by atoms with E-state index in [1.165, 1.54) is 12.5 Å². The van der Waals surface area contributed by atoms with Gasteiger partial charge in [0.15, 0.2) is 5.78 Å². The Balaban J connectivity index is 2.37. The Morgan fingerprint density at radius 3 is 2.39 bits per heavy atom. The molecule has 2 aromatic rings. The maximum atomic E-state index is 11.9. The van der Waals surface area contributed by atoms with Gasteiger partial charge in [-0.3, -0.25) is 4.79 Å². The topological polar surface area (TPSA) is 46.5 Å². The largest absolute Gasteiger partial charge is 0.507 e. The molecule has 3 nitrogen and oxygen atoms in total. The predicted molar refractivity (Wildman–Crippen MR) is 92.0 cm³/mol. The van der Waals surface area contributed by atoms with Crippen LogP contribution >= 0.6 is 0 Å². The number of Topliss-reactive ketones (excluding diaryl/α,β-unsaturated/α-hetero) is 1. The Morgan fingerprint density at radius 1 is 1.09 bits per heavy atom. The van der Waals surface area contributed by atoms with Crippen molar-refractivity contribution in [2.24, 2.45) is 0 Å². The summed E-state index contributed by atoms with van der Waals surface area (Å²) in [6.45, 7) is 5.84. The Kier molecular flexibility index (Phi) is 5.58. The molecule has 1 N–H and O–H groups in total. The van der Waals surface area contributed by atoms with Crippen molar-refractivity contribution in [3.05, 3.63) is 70.8 Å². The normalized spacial score (nSPS) is 10.2. The van der Waals surface area contributed by atoms with Crippen molar-refractivity contribution in [3.63, 3.8) is 0 Å². The van der Waals surface area contributed by atoms with E-state index in [9.17, 15) is 9.90 Å². The maximum Gasteiger partial charge on any atom is 0.167 e. The number of rotatable bonds is 6. The summed E-state index contributed by atoms with van der Waals surface area (Å²) in [7, 11) is 0. The minimum atomic E-state index is -0.204. The maximum absolute atomic E-state index is 11.9. The number of phenols is 1. The summed E-state index contributed by atoms with van der Waals surface area (Å²) in [5.74, 6) is 0.227. The van der Waals surface area contributed by atoms with Crippen LogP contribution in [0.4, 0.5) is 0 Å². The molecule has 0 fully saturated rings. The third-order valence-electron chi connectivity index (χ3n) is 3.53. The minimum Gasteiger partial charge on any atom is -0.507 e. The van der Waals surface area contributed by atoms with Crippen LogP contribution in [0.3, 0.4) is 0 Å². The van der Waals surface area contributed by atoms with Gasteiger partial charge in [0.25, 0.3) is 0 Å². The van der Waals surface area contributed by atoms with Crippen molar-refractivity contribution in [1.29, 1.82) is 0 Å². The van der Waals surface area contributed by atoms with Crippen LogP contribution in [0.25, 0.3) is 0 Å². The van der Waals surface area contributed by atoms with Crippen molar-refractivity contribution in [1.82, 2.24) is 0 Å². The number of hydrogen-bond acceptors (Lipinski definition) is 3. The lowest BCUT2D eigenvalue weighted by molar-refractivity contribution is 0.101. The fourth-order valence-electron chi connectivity index (χ4n) is 2.33. The Hall–Kier alpha value is -2.55. The molecular weight excluding hydrogens is 288 g/mol. The van der Waals surface area contributed by atoms with Gasteiger partial charge in [0.1, 0.15) is 23.7 Å². The molecule has 0 aliphatic rings. The fourth-order valence-corrected chi connectivity index (χ4v) is 2.33. The Bertz CT molecular complexity index is 711. The minimum absolute atomic E-state index is 0.0403. The molecule has 0 saturated carbocycles. The SMILES string of the molecule is CC(=O)c1c(O)ccc(CC=C(C)C)c1OCc1ccccc1. The molecule has 23 heavy (non-hydrogen) atoms. The Morgan fingerprint density at radius 2 is 1.78 bits per heavy atom. The van der Waals surface area contributed by atoms with Gasteiger partial charge >= 0.3 is 0 Å². The highest BCUT2D eigenvalue weighted by molar-refractivity contribution is 6.00. The summed E-state index contributed by atoms with van der Waals surface area (Å²) in [6, 6.07) is 13.1. The summed E-state index contributed by atoms with van der Waals surface area (Å²) in [4.78, 5) is 11.9. The summed E-state index contributed by atoms with van der Waals surface area (Å²) < 4.78 is 5.92. The first kappa shape index (κ1) is 16.8. The van der Waals surface area contributed by atoms with E-state index >= 15 is 0 Å². The molecule has 0 saturated heterocycles. The highest BCUT2D eigenvalue weighted by atomic mass is 16.5. The standard InChI is InChI=1S/C20H22O3/c1-14(2)9-10-17-11-12-18(22)19(15(3)21)20(17)23-13-16-7-5-4-6-8-16/h4-9,11-12,22H,10,13H2,1-3H3. The molecule has 0 atom stereocenters. The zero-order valence-corrected chi connectivity index (χ0v) is 13.8. The first-order valence-corrected chi connectivity index (χ1v) is 7.65. The number of ketones is 1. The number of allylic oxidation sites excluding steroid dienone is 2. The van der Waals surface area contributed by atoms with Gasteiger partial charge in [-0.25, -0.2) is 0 Å². The first-order chi connectivity index (χ1) is 11.0. The molecule has 0 bridgehead atoms. The van der Waals surface area contributed by atoms with Crippen LogP contribution in [0.1, 0.15) is 42.3 Å².